The number of benzene rings is 2. The number of para-hydroxylation sites is 1. The molecule has 0 bridgehead atoms. The third kappa shape index (κ3) is 3.17. The second-order valence-corrected chi connectivity index (χ2v) is 6.54. The predicted molar refractivity (Wildman–Crippen MR) is 99.1 cm³/mol. The third-order valence-corrected chi connectivity index (χ3v) is 4.60. The maximum absolute atomic E-state index is 12.8. The van der Waals surface area contributed by atoms with E-state index >= 15 is 0 Å². The molecule has 0 aliphatic carbocycles. The van der Waals surface area contributed by atoms with Crippen LogP contribution in [0.2, 0.25) is 5.02 Å². The lowest BCUT2D eigenvalue weighted by atomic mass is 10.2. The lowest BCUT2D eigenvalue weighted by Gasteiger charge is -2.18. The summed E-state index contributed by atoms with van der Waals surface area (Å²) in [7, 11) is 0. The van der Waals surface area contributed by atoms with Crippen LogP contribution in [-0.4, -0.2) is 33.0 Å². The molecule has 0 radical (unpaired) electrons. The number of rotatable bonds is 4. The highest BCUT2D eigenvalue weighted by molar-refractivity contribution is 6.30. The van der Waals surface area contributed by atoms with Crippen LogP contribution in [0.15, 0.2) is 59.1 Å². The molecule has 0 spiro atoms. The average molecular weight is 383 g/mol. The molecule has 27 heavy (non-hydrogen) atoms. The lowest BCUT2D eigenvalue weighted by Crippen LogP contribution is -2.33. The summed E-state index contributed by atoms with van der Waals surface area (Å²) in [5.74, 6) is 0.243. The molecule has 4 rings (SSSR count). The number of urea groups is 1. The fourth-order valence-electron chi connectivity index (χ4n) is 2.96. The van der Waals surface area contributed by atoms with E-state index in [1.165, 1.54) is 4.90 Å². The Bertz CT molecular complexity index is 988. The van der Waals surface area contributed by atoms with Crippen LogP contribution in [0.4, 0.5) is 10.5 Å². The van der Waals surface area contributed by atoms with Crippen molar-refractivity contribution in [1.82, 2.24) is 15.0 Å². The molecule has 0 saturated carbocycles. The largest absolute Gasteiger partial charge is 0.337 e. The monoisotopic (exact) mass is 382 g/mol. The molecule has 1 fully saturated rings. The minimum absolute atomic E-state index is 0.0775. The predicted octanol–water partition coefficient (Wildman–Crippen LogP) is 3.75. The Morgan fingerprint density at radius 1 is 1.07 bits per heavy atom. The first-order valence-corrected chi connectivity index (χ1v) is 8.70. The molecule has 2 aromatic carbocycles. The highest BCUT2D eigenvalue weighted by Gasteiger charge is 2.43. The summed E-state index contributed by atoms with van der Waals surface area (Å²) in [6.07, 6.45) is 0. The van der Waals surface area contributed by atoms with Gasteiger partial charge in [0, 0.05) is 16.3 Å². The van der Waals surface area contributed by atoms with Crippen LogP contribution in [0.1, 0.15) is 12.8 Å². The molecule has 8 heteroatoms. The molecule has 1 unspecified atom stereocenters. The first-order chi connectivity index (χ1) is 13.0. The van der Waals surface area contributed by atoms with Crippen LogP contribution >= 0.6 is 11.6 Å². The number of carbonyl (C=O) groups is 2. The van der Waals surface area contributed by atoms with E-state index < -0.39 is 12.1 Å². The number of anilines is 1. The normalized spacial score (nSPS) is 17.0. The van der Waals surface area contributed by atoms with E-state index in [4.69, 9.17) is 16.1 Å². The van der Waals surface area contributed by atoms with Crippen LogP contribution in [0, 0.1) is 0 Å². The van der Waals surface area contributed by atoms with E-state index in [1.54, 1.807) is 43.3 Å². The van der Waals surface area contributed by atoms with Gasteiger partial charge in [-0.3, -0.25) is 14.6 Å². The molecular formula is C19H15ClN4O3. The summed E-state index contributed by atoms with van der Waals surface area (Å²) in [6.45, 7) is 1.62. The van der Waals surface area contributed by atoms with Gasteiger partial charge in [-0.15, -0.1) is 0 Å². The topological polar surface area (TPSA) is 79.5 Å². The molecular weight excluding hydrogens is 368 g/mol. The molecule has 1 saturated heterocycles. The van der Waals surface area contributed by atoms with E-state index in [1.807, 2.05) is 18.2 Å². The zero-order chi connectivity index (χ0) is 19.0. The van der Waals surface area contributed by atoms with E-state index in [0.717, 1.165) is 10.5 Å². The molecule has 1 aliphatic heterocycles. The van der Waals surface area contributed by atoms with E-state index in [2.05, 4.69) is 10.1 Å². The van der Waals surface area contributed by atoms with Gasteiger partial charge in [0.2, 0.25) is 11.7 Å². The van der Waals surface area contributed by atoms with E-state index in [0.29, 0.717) is 16.5 Å². The number of carbonyl (C=O) groups excluding carboxylic acids is 2. The Kier molecular flexibility index (Phi) is 4.37. The van der Waals surface area contributed by atoms with Crippen molar-refractivity contribution in [3.05, 3.63) is 65.5 Å². The second-order valence-electron chi connectivity index (χ2n) is 6.11. The van der Waals surface area contributed by atoms with Gasteiger partial charge in [-0.1, -0.05) is 35.0 Å². The van der Waals surface area contributed by atoms with Gasteiger partial charge in [0.25, 0.3) is 5.91 Å². The first kappa shape index (κ1) is 17.2. The van der Waals surface area contributed by atoms with Crippen LogP contribution in [0.5, 0.6) is 0 Å². The number of aromatic nitrogens is 2. The Balaban J connectivity index is 1.55. The minimum Gasteiger partial charge on any atom is -0.337 e. The third-order valence-electron chi connectivity index (χ3n) is 4.35. The number of hydrogen-bond acceptors (Lipinski definition) is 5. The minimum atomic E-state index is -0.599. The van der Waals surface area contributed by atoms with Crippen LogP contribution in [-0.2, 0) is 11.3 Å². The van der Waals surface area contributed by atoms with Gasteiger partial charge >= 0.3 is 6.03 Å². The highest BCUT2D eigenvalue weighted by atomic mass is 35.5. The number of imide groups is 1. The van der Waals surface area contributed by atoms with Gasteiger partial charge in [0.05, 0.1) is 0 Å². The van der Waals surface area contributed by atoms with Crippen molar-refractivity contribution in [2.24, 2.45) is 0 Å². The SMILES string of the molecule is CC1C(=O)N(Cc2nc(-c3ccc(Cl)cc3)no2)C(=O)N1c1ccccc1. The molecule has 0 N–H and O–H groups in total. The zero-order valence-electron chi connectivity index (χ0n) is 14.4. The van der Waals surface area contributed by atoms with Crippen LogP contribution in [0.25, 0.3) is 11.4 Å². The second kappa shape index (κ2) is 6.85. The fraction of sp³-hybridized carbons (Fsp3) is 0.158. The quantitative estimate of drug-likeness (QED) is 0.642. The van der Waals surface area contributed by atoms with Crippen molar-refractivity contribution >= 4 is 29.2 Å². The standard InChI is InChI=1S/C19H15ClN4O3/c1-12-18(25)23(19(26)24(12)15-5-3-2-4-6-15)11-16-21-17(22-27-16)13-7-9-14(20)10-8-13/h2-10,12H,11H2,1H3. The molecule has 1 aromatic heterocycles. The molecule has 136 valence electrons. The van der Waals surface area contributed by atoms with Gasteiger partial charge in [-0.25, -0.2) is 4.79 Å². The molecule has 3 aromatic rings. The Morgan fingerprint density at radius 3 is 2.48 bits per heavy atom. The van der Waals surface area contributed by atoms with Gasteiger partial charge in [0.1, 0.15) is 12.6 Å². The molecule has 1 atom stereocenters. The van der Waals surface area contributed by atoms with Crippen molar-refractivity contribution in [3.8, 4) is 11.4 Å². The summed E-state index contributed by atoms with van der Waals surface area (Å²) in [4.78, 5) is 32.2. The molecule has 3 amide bonds. The fourth-order valence-corrected chi connectivity index (χ4v) is 3.09. The smallest absolute Gasteiger partial charge is 0.332 e. The van der Waals surface area contributed by atoms with Crippen molar-refractivity contribution in [2.45, 2.75) is 19.5 Å². The number of hydrogen-bond donors (Lipinski definition) is 0. The summed E-state index contributed by atoms with van der Waals surface area (Å²) < 4.78 is 5.23. The maximum Gasteiger partial charge on any atom is 0.332 e. The highest BCUT2D eigenvalue weighted by Crippen LogP contribution is 2.27. The average Bonchev–Trinajstić information content (AvgIpc) is 3.22. The number of amides is 3. The Labute approximate surface area is 160 Å². The molecule has 1 aliphatic rings. The van der Waals surface area contributed by atoms with Gasteiger partial charge in [-0.2, -0.15) is 4.98 Å². The lowest BCUT2D eigenvalue weighted by molar-refractivity contribution is -0.127. The van der Waals surface area contributed by atoms with Crippen LogP contribution < -0.4 is 4.90 Å². The first-order valence-electron chi connectivity index (χ1n) is 8.33. The van der Waals surface area contributed by atoms with Crippen molar-refractivity contribution < 1.29 is 14.1 Å². The summed E-state index contributed by atoms with van der Waals surface area (Å²) in [5, 5.41) is 4.51. The van der Waals surface area contributed by atoms with Gasteiger partial charge < -0.3 is 4.52 Å². The Hall–Kier alpha value is -3.19. The Morgan fingerprint density at radius 2 is 1.78 bits per heavy atom. The van der Waals surface area contributed by atoms with Crippen LogP contribution in [0.3, 0.4) is 0 Å². The summed E-state index contributed by atoms with van der Waals surface area (Å²) >= 11 is 5.88. The zero-order valence-corrected chi connectivity index (χ0v) is 15.1. The van der Waals surface area contributed by atoms with E-state index in [-0.39, 0.29) is 18.3 Å². The number of nitrogens with zero attached hydrogens (tertiary/aromatic N) is 4. The molecule has 2 heterocycles. The van der Waals surface area contributed by atoms with Crippen molar-refractivity contribution in [1.29, 1.82) is 0 Å². The summed E-state index contributed by atoms with van der Waals surface area (Å²) in [5.41, 5.74) is 1.39. The van der Waals surface area contributed by atoms with Gasteiger partial charge in [0.15, 0.2) is 0 Å². The van der Waals surface area contributed by atoms with E-state index in [9.17, 15) is 9.59 Å². The maximum atomic E-state index is 12.8. The molecule has 7 nitrogen and oxygen atoms in total. The van der Waals surface area contributed by atoms with Gasteiger partial charge in [-0.05, 0) is 43.3 Å². The van der Waals surface area contributed by atoms with Crippen molar-refractivity contribution in [2.75, 3.05) is 4.90 Å². The van der Waals surface area contributed by atoms with Crippen molar-refractivity contribution in [3.63, 3.8) is 0 Å². The number of halogens is 1. The summed E-state index contributed by atoms with van der Waals surface area (Å²) in [6, 6.07) is 15.0.